The Morgan fingerprint density at radius 3 is 2.93 bits per heavy atom. The van der Waals surface area contributed by atoms with E-state index in [0.717, 1.165) is 0 Å². The molecule has 0 saturated heterocycles. The van der Waals surface area contributed by atoms with Crippen LogP contribution in [0.5, 0.6) is 0 Å². The Balaban J connectivity index is 2.28. The molecule has 82 valence electrons. The zero-order valence-electron chi connectivity index (χ0n) is 8.02. The van der Waals surface area contributed by atoms with Gasteiger partial charge in [-0.05, 0) is 6.92 Å². The first-order chi connectivity index (χ1) is 7.09. The molecule has 1 rings (SSSR count). The molecule has 0 aliphatic rings. The third-order valence-corrected chi connectivity index (χ3v) is 1.60. The van der Waals surface area contributed by atoms with Crippen molar-refractivity contribution < 1.29 is 14.7 Å². The molecule has 8 nitrogen and oxygen atoms in total. The molecule has 8 heteroatoms. The lowest BCUT2D eigenvalue weighted by molar-refractivity contribution is -0.138. The Labute approximate surface area is 85.1 Å². The number of carbonyl (C=O) groups excluding carboxylic acids is 1. The van der Waals surface area contributed by atoms with Gasteiger partial charge in [0.15, 0.2) is 0 Å². The zero-order valence-corrected chi connectivity index (χ0v) is 8.02. The molecule has 1 atom stereocenters. The molecule has 1 aromatic rings. The molecule has 0 spiro atoms. The van der Waals surface area contributed by atoms with Crippen molar-refractivity contribution in [3.8, 4) is 0 Å². The third-order valence-electron chi connectivity index (χ3n) is 1.60. The summed E-state index contributed by atoms with van der Waals surface area (Å²) in [7, 11) is 0. The molecule has 4 N–H and O–H groups in total. The van der Waals surface area contributed by atoms with Gasteiger partial charge < -0.3 is 15.7 Å². The van der Waals surface area contributed by atoms with E-state index in [2.05, 4.69) is 25.8 Å². The Bertz CT molecular complexity index is 336. The van der Waals surface area contributed by atoms with Crippen molar-refractivity contribution in [2.24, 2.45) is 0 Å². The van der Waals surface area contributed by atoms with Gasteiger partial charge in [-0.2, -0.15) is 5.10 Å². The Morgan fingerprint density at radius 1 is 1.67 bits per heavy atom. The van der Waals surface area contributed by atoms with Crippen molar-refractivity contribution >= 4 is 12.0 Å². The summed E-state index contributed by atoms with van der Waals surface area (Å²) >= 11 is 0. The highest BCUT2D eigenvalue weighted by Gasteiger charge is 2.13. The normalized spacial score (nSPS) is 11.8. The van der Waals surface area contributed by atoms with E-state index < -0.39 is 18.0 Å². The second-order valence-electron chi connectivity index (χ2n) is 2.82. The van der Waals surface area contributed by atoms with Crippen LogP contribution >= 0.6 is 0 Å². The standard InChI is InChI=1S/C7H11N5O3/c1-4(6(13)14)11-7(15)8-2-5-9-3-10-12-5/h3-4H,2H2,1H3,(H,13,14)(H2,8,11,15)(H,9,10,12)/t4-/m1/s1. The van der Waals surface area contributed by atoms with Crippen LogP contribution in [-0.2, 0) is 11.3 Å². The summed E-state index contributed by atoms with van der Waals surface area (Å²) in [6, 6.07) is -1.50. The van der Waals surface area contributed by atoms with Gasteiger partial charge >= 0.3 is 12.0 Å². The smallest absolute Gasteiger partial charge is 0.325 e. The van der Waals surface area contributed by atoms with Crippen LogP contribution in [0.15, 0.2) is 6.33 Å². The summed E-state index contributed by atoms with van der Waals surface area (Å²) in [6.07, 6.45) is 1.31. The first kappa shape index (κ1) is 11.0. The highest BCUT2D eigenvalue weighted by molar-refractivity contribution is 5.81. The highest BCUT2D eigenvalue weighted by Crippen LogP contribution is 1.85. The van der Waals surface area contributed by atoms with E-state index in [1.54, 1.807) is 0 Å². The fraction of sp³-hybridized carbons (Fsp3) is 0.429. The van der Waals surface area contributed by atoms with Crippen LogP contribution in [0.25, 0.3) is 0 Å². The molecule has 0 radical (unpaired) electrons. The van der Waals surface area contributed by atoms with Crippen molar-refractivity contribution in [3.05, 3.63) is 12.2 Å². The lowest BCUT2D eigenvalue weighted by Crippen LogP contribution is -2.44. The van der Waals surface area contributed by atoms with Gasteiger partial charge in [0.25, 0.3) is 0 Å². The molecule has 0 unspecified atom stereocenters. The van der Waals surface area contributed by atoms with Crippen molar-refractivity contribution in [3.63, 3.8) is 0 Å². The minimum absolute atomic E-state index is 0.165. The van der Waals surface area contributed by atoms with E-state index in [0.29, 0.717) is 5.82 Å². The number of amides is 2. The minimum Gasteiger partial charge on any atom is -0.480 e. The van der Waals surface area contributed by atoms with Gasteiger partial charge in [-0.1, -0.05) is 0 Å². The summed E-state index contributed by atoms with van der Waals surface area (Å²) in [4.78, 5) is 25.3. The number of nitrogens with zero attached hydrogens (tertiary/aromatic N) is 2. The van der Waals surface area contributed by atoms with E-state index in [1.807, 2.05) is 0 Å². The number of hydrogen-bond acceptors (Lipinski definition) is 4. The molecule has 15 heavy (non-hydrogen) atoms. The van der Waals surface area contributed by atoms with Crippen molar-refractivity contribution in [1.29, 1.82) is 0 Å². The number of carboxylic acids is 1. The lowest BCUT2D eigenvalue weighted by atomic mass is 10.3. The highest BCUT2D eigenvalue weighted by atomic mass is 16.4. The number of aromatic amines is 1. The molecule has 0 aliphatic carbocycles. The average Bonchev–Trinajstić information content (AvgIpc) is 2.66. The van der Waals surface area contributed by atoms with Gasteiger partial charge in [-0.15, -0.1) is 0 Å². The molecule has 2 amide bonds. The van der Waals surface area contributed by atoms with Gasteiger partial charge in [0.05, 0.1) is 6.54 Å². The number of carbonyl (C=O) groups is 2. The maximum atomic E-state index is 11.1. The quantitative estimate of drug-likeness (QED) is 0.515. The van der Waals surface area contributed by atoms with Gasteiger partial charge in [0.1, 0.15) is 18.2 Å². The summed E-state index contributed by atoms with van der Waals surface area (Å²) in [5.41, 5.74) is 0. The van der Waals surface area contributed by atoms with Crippen LogP contribution in [0.3, 0.4) is 0 Å². The molecular formula is C7H11N5O3. The number of aromatic nitrogens is 3. The predicted molar refractivity (Wildman–Crippen MR) is 48.9 cm³/mol. The second-order valence-corrected chi connectivity index (χ2v) is 2.82. The van der Waals surface area contributed by atoms with E-state index in [1.165, 1.54) is 13.3 Å². The predicted octanol–water partition coefficient (Wildman–Crippen LogP) is -0.923. The van der Waals surface area contributed by atoms with Crippen LogP contribution < -0.4 is 10.6 Å². The van der Waals surface area contributed by atoms with E-state index >= 15 is 0 Å². The van der Waals surface area contributed by atoms with E-state index in [9.17, 15) is 9.59 Å². The maximum Gasteiger partial charge on any atom is 0.325 e. The molecule has 1 heterocycles. The van der Waals surface area contributed by atoms with Crippen LogP contribution in [-0.4, -0.2) is 38.3 Å². The van der Waals surface area contributed by atoms with Gasteiger partial charge in [0, 0.05) is 0 Å². The summed E-state index contributed by atoms with van der Waals surface area (Å²) in [6.45, 7) is 1.54. The first-order valence-corrected chi connectivity index (χ1v) is 4.21. The number of hydrogen-bond donors (Lipinski definition) is 4. The monoisotopic (exact) mass is 213 g/mol. The number of H-pyrrole nitrogens is 1. The second kappa shape index (κ2) is 4.94. The van der Waals surface area contributed by atoms with Gasteiger partial charge in [0.2, 0.25) is 0 Å². The number of carboxylic acid groups (broad SMARTS) is 1. The fourth-order valence-electron chi connectivity index (χ4n) is 0.789. The molecule has 0 aromatic carbocycles. The first-order valence-electron chi connectivity index (χ1n) is 4.21. The van der Waals surface area contributed by atoms with Crippen molar-refractivity contribution in [2.45, 2.75) is 19.5 Å². The van der Waals surface area contributed by atoms with Crippen LogP contribution in [0, 0.1) is 0 Å². The molecule has 0 aliphatic heterocycles. The molecule has 1 aromatic heterocycles. The van der Waals surface area contributed by atoms with Crippen molar-refractivity contribution in [1.82, 2.24) is 25.8 Å². The number of aliphatic carboxylic acids is 1. The Kier molecular flexibility index (Phi) is 3.61. The maximum absolute atomic E-state index is 11.1. The number of nitrogens with one attached hydrogen (secondary N) is 3. The Morgan fingerprint density at radius 2 is 2.40 bits per heavy atom. The summed E-state index contributed by atoms with van der Waals surface area (Å²) < 4.78 is 0. The fourth-order valence-corrected chi connectivity index (χ4v) is 0.789. The zero-order chi connectivity index (χ0) is 11.3. The topological polar surface area (TPSA) is 120 Å². The lowest BCUT2D eigenvalue weighted by Gasteiger charge is -2.09. The van der Waals surface area contributed by atoms with E-state index in [4.69, 9.17) is 5.11 Å². The molecule has 0 saturated carbocycles. The van der Waals surface area contributed by atoms with Crippen molar-refractivity contribution in [2.75, 3.05) is 0 Å². The minimum atomic E-state index is -1.09. The third kappa shape index (κ3) is 3.63. The van der Waals surface area contributed by atoms with Gasteiger partial charge in [-0.3, -0.25) is 9.89 Å². The Hall–Kier alpha value is -2.12. The van der Waals surface area contributed by atoms with Gasteiger partial charge in [-0.25, -0.2) is 9.78 Å². The number of rotatable bonds is 4. The van der Waals surface area contributed by atoms with Crippen LogP contribution in [0.4, 0.5) is 4.79 Å². The molecular weight excluding hydrogens is 202 g/mol. The van der Waals surface area contributed by atoms with E-state index in [-0.39, 0.29) is 6.54 Å². The summed E-state index contributed by atoms with van der Waals surface area (Å²) in [5.74, 6) is -0.599. The molecule has 0 fully saturated rings. The SMILES string of the molecule is C[C@@H](NC(=O)NCc1ncn[nH]1)C(=O)O. The summed E-state index contributed by atoms with van der Waals surface area (Å²) in [5, 5.41) is 19.3. The molecule has 0 bridgehead atoms. The van der Waals surface area contributed by atoms with Crippen LogP contribution in [0.2, 0.25) is 0 Å². The number of urea groups is 1. The van der Waals surface area contributed by atoms with Crippen LogP contribution in [0.1, 0.15) is 12.7 Å². The largest absolute Gasteiger partial charge is 0.480 e. The average molecular weight is 213 g/mol.